The summed E-state index contributed by atoms with van der Waals surface area (Å²) in [5.41, 5.74) is 2.75. The van der Waals surface area contributed by atoms with Crippen molar-refractivity contribution in [1.82, 2.24) is 9.55 Å². The van der Waals surface area contributed by atoms with Gasteiger partial charge in [-0.2, -0.15) is 5.26 Å². The van der Waals surface area contributed by atoms with Crippen LogP contribution in [0.3, 0.4) is 0 Å². The third-order valence-electron chi connectivity index (χ3n) is 3.34. The minimum Gasteiger partial charge on any atom is -0.456 e. The maximum Gasteiger partial charge on any atom is 0.145 e. The lowest BCUT2D eigenvalue weighted by atomic mass is 10.1. The summed E-state index contributed by atoms with van der Waals surface area (Å²) in [6.45, 7) is 2.71. The van der Waals surface area contributed by atoms with E-state index in [1.54, 1.807) is 18.6 Å². The maximum atomic E-state index is 9.24. The lowest BCUT2D eigenvalue weighted by Crippen LogP contribution is -1.98. The van der Waals surface area contributed by atoms with Crippen molar-refractivity contribution in [2.45, 2.75) is 13.5 Å². The topological polar surface area (TPSA) is 50.8 Å². The Labute approximate surface area is 129 Å². The number of rotatable bonds is 4. The summed E-state index contributed by atoms with van der Waals surface area (Å²) in [4.78, 5) is 4.03. The Kier molecular flexibility index (Phi) is 3.88. The number of ether oxygens (including phenoxy) is 1. The Bertz CT molecular complexity index is 799. The van der Waals surface area contributed by atoms with Crippen LogP contribution in [0.1, 0.15) is 16.7 Å². The summed E-state index contributed by atoms with van der Waals surface area (Å²) in [6, 6.07) is 15.6. The lowest BCUT2D eigenvalue weighted by Gasteiger charge is -2.10. The molecule has 3 rings (SSSR count). The predicted octanol–water partition coefficient (Wildman–Crippen LogP) is 3.90. The third kappa shape index (κ3) is 3.15. The Morgan fingerprint density at radius 1 is 1.18 bits per heavy atom. The van der Waals surface area contributed by atoms with Gasteiger partial charge in [0.05, 0.1) is 11.9 Å². The Morgan fingerprint density at radius 2 is 2.00 bits per heavy atom. The molecular weight excluding hydrogens is 274 g/mol. The summed E-state index contributed by atoms with van der Waals surface area (Å²) >= 11 is 0. The monoisotopic (exact) mass is 289 g/mol. The molecule has 4 heteroatoms. The first kappa shape index (κ1) is 13.9. The zero-order chi connectivity index (χ0) is 15.4. The van der Waals surface area contributed by atoms with Crippen LogP contribution in [0.25, 0.3) is 0 Å². The molecule has 0 unspecified atom stereocenters. The molecule has 0 N–H and O–H groups in total. The van der Waals surface area contributed by atoms with Gasteiger partial charge in [0.2, 0.25) is 0 Å². The van der Waals surface area contributed by atoms with Gasteiger partial charge in [-0.25, -0.2) is 4.98 Å². The van der Waals surface area contributed by atoms with Gasteiger partial charge < -0.3 is 9.30 Å². The molecule has 0 amide bonds. The number of benzene rings is 2. The van der Waals surface area contributed by atoms with Crippen molar-refractivity contribution in [1.29, 1.82) is 5.26 Å². The molecule has 2 aromatic carbocycles. The van der Waals surface area contributed by atoms with Gasteiger partial charge in [-0.1, -0.05) is 23.8 Å². The smallest absolute Gasteiger partial charge is 0.145 e. The van der Waals surface area contributed by atoms with Gasteiger partial charge in [0.25, 0.3) is 0 Å². The number of aromatic nitrogens is 2. The van der Waals surface area contributed by atoms with E-state index in [2.05, 4.69) is 11.1 Å². The maximum absolute atomic E-state index is 9.24. The van der Waals surface area contributed by atoms with E-state index in [-0.39, 0.29) is 0 Å². The largest absolute Gasteiger partial charge is 0.456 e. The van der Waals surface area contributed by atoms with Gasteiger partial charge in [0.15, 0.2) is 0 Å². The average molecular weight is 289 g/mol. The zero-order valence-corrected chi connectivity index (χ0v) is 12.2. The molecule has 0 aliphatic heterocycles. The van der Waals surface area contributed by atoms with E-state index in [9.17, 15) is 5.26 Å². The van der Waals surface area contributed by atoms with Gasteiger partial charge in [0, 0.05) is 18.9 Å². The first-order valence-corrected chi connectivity index (χ1v) is 6.98. The van der Waals surface area contributed by atoms with E-state index < -0.39 is 0 Å². The molecule has 0 saturated carbocycles. The van der Waals surface area contributed by atoms with Gasteiger partial charge >= 0.3 is 0 Å². The standard InChI is InChI=1S/C18H15N3O/c1-14-2-6-17(7-3-14)22-18-10-15(4-5-16(18)11-19)12-21-9-8-20-13-21/h2-10,13H,12H2,1H3. The molecule has 0 fully saturated rings. The average Bonchev–Trinajstić information content (AvgIpc) is 3.03. The zero-order valence-electron chi connectivity index (χ0n) is 12.2. The fraction of sp³-hybridized carbons (Fsp3) is 0.111. The van der Waals surface area contributed by atoms with Gasteiger partial charge in [-0.05, 0) is 36.8 Å². The Morgan fingerprint density at radius 3 is 2.68 bits per heavy atom. The molecule has 108 valence electrons. The SMILES string of the molecule is Cc1ccc(Oc2cc(Cn3ccnc3)ccc2C#N)cc1. The highest BCUT2D eigenvalue weighted by atomic mass is 16.5. The summed E-state index contributed by atoms with van der Waals surface area (Å²) in [6.07, 6.45) is 5.41. The van der Waals surface area contributed by atoms with E-state index in [1.807, 2.05) is 54.1 Å². The molecule has 0 spiro atoms. The van der Waals surface area contributed by atoms with Crippen molar-refractivity contribution < 1.29 is 4.74 Å². The van der Waals surface area contributed by atoms with E-state index in [4.69, 9.17) is 4.74 Å². The van der Waals surface area contributed by atoms with Crippen molar-refractivity contribution in [3.63, 3.8) is 0 Å². The van der Waals surface area contributed by atoms with E-state index >= 15 is 0 Å². The summed E-state index contributed by atoms with van der Waals surface area (Å²) in [7, 11) is 0. The molecule has 1 heterocycles. The van der Waals surface area contributed by atoms with Crippen molar-refractivity contribution in [3.8, 4) is 17.6 Å². The minimum absolute atomic E-state index is 0.523. The second-order valence-corrected chi connectivity index (χ2v) is 5.09. The van der Waals surface area contributed by atoms with Crippen LogP contribution in [0.5, 0.6) is 11.5 Å². The quantitative estimate of drug-likeness (QED) is 0.731. The van der Waals surface area contributed by atoms with Crippen molar-refractivity contribution in [2.75, 3.05) is 0 Å². The molecule has 3 aromatic rings. The van der Waals surface area contributed by atoms with Gasteiger partial charge in [0.1, 0.15) is 17.6 Å². The fourth-order valence-corrected chi connectivity index (χ4v) is 2.17. The molecule has 4 nitrogen and oxygen atoms in total. The minimum atomic E-state index is 0.523. The summed E-state index contributed by atoms with van der Waals surface area (Å²) in [5.74, 6) is 1.30. The van der Waals surface area contributed by atoms with Crippen molar-refractivity contribution in [3.05, 3.63) is 77.9 Å². The molecule has 0 saturated heterocycles. The van der Waals surface area contributed by atoms with Crippen LogP contribution in [-0.4, -0.2) is 9.55 Å². The van der Waals surface area contributed by atoms with E-state index in [0.717, 1.165) is 11.3 Å². The van der Waals surface area contributed by atoms with Crippen LogP contribution >= 0.6 is 0 Å². The second kappa shape index (κ2) is 6.15. The number of nitriles is 1. The van der Waals surface area contributed by atoms with Crippen LogP contribution in [0.15, 0.2) is 61.2 Å². The Hall–Kier alpha value is -3.06. The number of hydrogen-bond acceptors (Lipinski definition) is 3. The molecule has 22 heavy (non-hydrogen) atoms. The van der Waals surface area contributed by atoms with Crippen molar-refractivity contribution >= 4 is 0 Å². The number of nitrogens with zero attached hydrogens (tertiary/aromatic N) is 3. The number of hydrogen-bond donors (Lipinski definition) is 0. The summed E-state index contributed by atoms with van der Waals surface area (Å²) < 4.78 is 7.84. The summed E-state index contributed by atoms with van der Waals surface area (Å²) in [5, 5.41) is 9.24. The highest BCUT2D eigenvalue weighted by Gasteiger charge is 2.07. The normalized spacial score (nSPS) is 10.2. The molecule has 0 aliphatic carbocycles. The van der Waals surface area contributed by atoms with Crippen LogP contribution in [0.2, 0.25) is 0 Å². The highest BCUT2D eigenvalue weighted by molar-refractivity contribution is 5.47. The Balaban J connectivity index is 1.87. The number of imidazole rings is 1. The predicted molar refractivity (Wildman–Crippen MR) is 83.7 cm³/mol. The molecule has 0 aliphatic rings. The van der Waals surface area contributed by atoms with Crippen LogP contribution in [0.4, 0.5) is 0 Å². The third-order valence-corrected chi connectivity index (χ3v) is 3.34. The molecular formula is C18H15N3O. The van der Waals surface area contributed by atoms with Gasteiger partial charge in [-0.15, -0.1) is 0 Å². The van der Waals surface area contributed by atoms with Crippen LogP contribution in [0, 0.1) is 18.3 Å². The van der Waals surface area contributed by atoms with E-state index in [0.29, 0.717) is 17.9 Å². The van der Waals surface area contributed by atoms with Gasteiger partial charge in [-0.3, -0.25) is 0 Å². The molecule has 0 bridgehead atoms. The lowest BCUT2D eigenvalue weighted by molar-refractivity contribution is 0.480. The highest BCUT2D eigenvalue weighted by Crippen LogP contribution is 2.26. The molecule has 0 radical (unpaired) electrons. The van der Waals surface area contributed by atoms with Crippen molar-refractivity contribution in [2.24, 2.45) is 0 Å². The number of aryl methyl sites for hydroxylation is 1. The van der Waals surface area contributed by atoms with Crippen LogP contribution in [-0.2, 0) is 6.54 Å². The van der Waals surface area contributed by atoms with E-state index in [1.165, 1.54) is 5.56 Å². The van der Waals surface area contributed by atoms with Crippen LogP contribution < -0.4 is 4.74 Å². The fourth-order valence-electron chi connectivity index (χ4n) is 2.17. The molecule has 0 atom stereocenters. The molecule has 1 aromatic heterocycles. The first-order valence-electron chi connectivity index (χ1n) is 6.98. The second-order valence-electron chi connectivity index (χ2n) is 5.09. The first-order chi connectivity index (χ1) is 10.7.